The lowest BCUT2D eigenvalue weighted by atomic mass is 9.97. The molecule has 0 atom stereocenters. The highest BCUT2D eigenvalue weighted by Crippen LogP contribution is 2.41. The number of phenols is 1. The maximum atomic E-state index is 14.1. The number of phenolic OH excluding ortho intramolecular Hbond substituents is 1. The maximum absolute atomic E-state index is 14.1. The number of aromatic hydroxyl groups is 1. The number of nitrogens with zero attached hydrogens (tertiary/aromatic N) is 1. The second-order valence-electron chi connectivity index (χ2n) is 14.8. The van der Waals surface area contributed by atoms with Gasteiger partial charge in [0, 0.05) is 65.2 Å². The molecule has 0 unspecified atom stereocenters. The number of nitrogens with one attached hydrogen (secondary N) is 2. The zero-order valence-electron chi connectivity index (χ0n) is 36.3. The van der Waals surface area contributed by atoms with Gasteiger partial charge in [0.1, 0.15) is 23.9 Å². The normalized spacial score (nSPS) is 13.7. The zero-order chi connectivity index (χ0) is 44.3. The van der Waals surface area contributed by atoms with Gasteiger partial charge < -0.3 is 30.0 Å². The molecule has 1 saturated heterocycles. The number of carbonyl (C=O) groups is 3. The molecule has 4 aromatic rings. The van der Waals surface area contributed by atoms with Crippen LogP contribution in [0.2, 0.25) is 0 Å². The van der Waals surface area contributed by atoms with Gasteiger partial charge in [0.05, 0.1) is 13.2 Å². The molecular formula is C52H61N3O7S. The van der Waals surface area contributed by atoms with E-state index < -0.39 is 6.09 Å². The molecule has 0 spiro atoms. The van der Waals surface area contributed by atoms with Crippen molar-refractivity contribution >= 4 is 39.2 Å². The lowest BCUT2D eigenvalue weighted by Gasteiger charge is -2.26. The molecule has 5 rings (SSSR count). The van der Waals surface area contributed by atoms with Crippen molar-refractivity contribution in [2.45, 2.75) is 58.3 Å². The molecule has 332 valence electrons. The first kappa shape index (κ1) is 48.0. The van der Waals surface area contributed by atoms with Crippen LogP contribution in [0, 0.1) is 0 Å². The van der Waals surface area contributed by atoms with Gasteiger partial charge in [0.15, 0.2) is 5.78 Å². The summed E-state index contributed by atoms with van der Waals surface area (Å²) >= 11 is 1.41. The molecule has 1 aliphatic rings. The van der Waals surface area contributed by atoms with E-state index in [4.69, 9.17) is 14.2 Å². The van der Waals surface area contributed by atoms with Crippen molar-refractivity contribution in [2.24, 2.45) is 0 Å². The van der Waals surface area contributed by atoms with Crippen molar-refractivity contribution < 1.29 is 33.7 Å². The Hall–Kier alpha value is -6.01. The summed E-state index contributed by atoms with van der Waals surface area (Å²) in [6.45, 7) is 7.25. The summed E-state index contributed by atoms with van der Waals surface area (Å²) in [5.41, 5.74) is 1.81. The van der Waals surface area contributed by atoms with Gasteiger partial charge in [-0.15, -0.1) is 11.3 Å². The van der Waals surface area contributed by atoms with E-state index in [1.807, 2.05) is 18.2 Å². The Bertz CT molecular complexity index is 2210. The van der Waals surface area contributed by atoms with Crippen molar-refractivity contribution in [2.75, 3.05) is 52.5 Å². The number of benzene rings is 3. The summed E-state index contributed by atoms with van der Waals surface area (Å²) in [5, 5.41) is 16.4. The van der Waals surface area contributed by atoms with E-state index in [2.05, 4.69) is 89.3 Å². The second-order valence-corrected chi connectivity index (χ2v) is 15.8. The number of amides is 2. The van der Waals surface area contributed by atoms with Crippen LogP contribution in [0.4, 0.5) is 4.79 Å². The van der Waals surface area contributed by atoms with Crippen molar-refractivity contribution in [1.29, 1.82) is 0 Å². The number of hydrogen-bond acceptors (Lipinski definition) is 9. The van der Waals surface area contributed by atoms with E-state index in [1.165, 1.54) is 11.3 Å². The first-order chi connectivity index (χ1) is 30.9. The minimum atomic E-state index is -0.642. The molecular weight excluding hydrogens is 811 g/mol. The Labute approximate surface area is 376 Å². The molecule has 0 radical (unpaired) electrons. The number of rotatable bonds is 25. The third-order valence-electron chi connectivity index (χ3n) is 9.98. The van der Waals surface area contributed by atoms with Crippen LogP contribution in [0.5, 0.6) is 17.2 Å². The SMILES string of the molecule is CCC=CCC=CCC=CCC=CCC=CCC=CCCC(=O)NCCNC(=O)Oc1ccc(-c2sc3cc(O)ccc3c2C(=O)c2ccc(OCCN3CCOCC3)cc2)cc1. The molecule has 3 N–H and O–H groups in total. The predicted octanol–water partition coefficient (Wildman–Crippen LogP) is 10.9. The van der Waals surface area contributed by atoms with Gasteiger partial charge in [0.2, 0.25) is 5.91 Å². The van der Waals surface area contributed by atoms with E-state index in [0.717, 1.165) is 91.9 Å². The molecule has 0 bridgehead atoms. The minimum Gasteiger partial charge on any atom is -0.508 e. The molecule has 1 aliphatic heterocycles. The maximum Gasteiger partial charge on any atom is 0.412 e. The third kappa shape index (κ3) is 17.3. The highest BCUT2D eigenvalue weighted by molar-refractivity contribution is 7.22. The molecule has 63 heavy (non-hydrogen) atoms. The molecule has 11 heteroatoms. The molecule has 3 aromatic carbocycles. The van der Waals surface area contributed by atoms with Crippen molar-refractivity contribution in [3.8, 4) is 27.7 Å². The summed E-state index contributed by atoms with van der Waals surface area (Å²) in [7, 11) is 0. The van der Waals surface area contributed by atoms with Gasteiger partial charge in [-0.25, -0.2) is 4.79 Å². The Morgan fingerprint density at radius 1 is 0.730 bits per heavy atom. The lowest BCUT2D eigenvalue weighted by molar-refractivity contribution is -0.120. The van der Waals surface area contributed by atoms with Gasteiger partial charge in [0.25, 0.3) is 0 Å². The van der Waals surface area contributed by atoms with Gasteiger partial charge >= 0.3 is 6.09 Å². The second kappa shape index (κ2) is 27.8. The smallest absolute Gasteiger partial charge is 0.412 e. The fraction of sp³-hybridized carbons (Fsp3) is 0.327. The van der Waals surface area contributed by atoms with E-state index >= 15 is 0 Å². The fourth-order valence-electron chi connectivity index (χ4n) is 6.60. The molecule has 0 saturated carbocycles. The van der Waals surface area contributed by atoms with Crippen LogP contribution in [0.1, 0.15) is 74.2 Å². The fourth-order valence-corrected chi connectivity index (χ4v) is 7.84. The number of ether oxygens (including phenoxy) is 3. The number of hydrogen-bond donors (Lipinski definition) is 3. The van der Waals surface area contributed by atoms with Crippen LogP contribution >= 0.6 is 11.3 Å². The number of morpholine rings is 1. The molecule has 2 heterocycles. The van der Waals surface area contributed by atoms with Gasteiger partial charge in [-0.2, -0.15) is 0 Å². The largest absolute Gasteiger partial charge is 0.508 e. The Balaban J connectivity index is 0.985. The summed E-state index contributed by atoms with van der Waals surface area (Å²) in [6.07, 6.45) is 31.9. The van der Waals surface area contributed by atoms with Gasteiger partial charge in [-0.3, -0.25) is 14.5 Å². The van der Waals surface area contributed by atoms with Gasteiger partial charge in [-0.05, 0) is 117 Å². The average Bonchev–Trinajstić information content (AvgIpc) is 3.67. The minimum absolute atomic E-state index is 0.0873. The van der Waals surface area contributed by atoms with Crippen LogP contribution < -0.4 is 20.1 Å². The first-order valence-electron chi connectivity index (χ1n) is 22.0. The zero-order valence-corrected chi connectivity index (χ0v) is 37.2. The summed E-state index contributed by atoms with van der Waals surface area (Å²) in [5.74, 6) is 0.894. The number of carbonyl (C=O) groups excluding carboxylic acids is 3. The predicted molar refractivity (Wildman–Crippen MR) is 256 cm³/mol. The summed E-state index contributed by atoms with van der Waals surface area (Å²) in [4.78, 5) is 41.9. The number of ketones is 1. The van der Waals surface area contributed by atoms with Crippen LogP contribution in [0.3, 0.4) is 0 Å². The van der Waals surface area contributed by atoms with Crippen LogP contribution in [-0.2, 0) is 9.53 Å². The third-order valence-corrected chi connectivity index (χ3v) is 11.2. The quantitative estimate of drug-likeness (QED) is 0.0341. The topological polar surface area (TPSA) is 126 Å². The lowest BCUT2D eigenvalue weighted by Crippen LogP contribution is -2.38. The standard InChI is InChI=1S/C52H61N3O7S/c1-2-3-4-5-6-7-8-9-10-11-12-13-14-15-16-17-18-19-20-21-48(57)53-32-33-54-52(59)62-45-29-24-42(25-30-45)51-49(46-31-26-43(56)40-47(46)63-51)50(58)41-22-27-44(28-23-41)61-39-36-55-34-37-60-38-35-55/h3-4,6-7,9-10,12-13,15-16,18-19,22-31,40,56H,2,5,8,11,14,17,20-21,32-39H2,1H3,(H,53,57)(H,54,59). The van der Waals surface area contributed by atoms with Crippen molar-refractivity contribution in [3.05, 3.63) is 151 Å². The van der Waals surface area contributed by atoms with Gasteiger partial charge in [-0.1, -0.05) is 79.8 Å². The van der Waals surface area contributed by atoms with E-state index in [0.29, 0.717) is 42.1 Å². The first-order valence-corrected chi connectivity index (χ1v) is 22.8. The average molecular weight is 872 g/mol. The molecule has 1 fully saturated rings. The van der Waals surface area contributed by atoms with E-state index in [1.54, 1.807) is 54.6 Å². The molecule has 0 aliphatic carbocycles. The highest BCUT2D eigenvalue weighted by atomic mass is 32.1. The van der Waals surface area contributed by atoms with Crippen LogP contribution in [0.25, 0.3) is 20.5 Å². The van der Waals surface area contributed by atoms with E-state index in [9.17, 15) is 19.5 Å². The Kier molecular flexibility index (Phi) is 21.2. The summed E-state index contributed by atoms with van der Waals surface area (Å²) < 4.78 is 17.6. The van der Waals surface area contributed by atoms with Crippen molar-refractivity contribution in [3.63, 3.8) is 0 Å². The molecule has 2 amide bonds. The molecule has 10 nitrogen and oxygen atoms in total. The number of allylic oxidation sites excluding steroid dienone is 12. The number of thiophene rings is 1. The summed E-state index contributed by atoms with van der Waals surface area (Å²) in [6, 6.07) is 19.1. The Morgan fingerprint density at radius 2 is 1.32 bits per heavy atom. The van der Waals surface area contributed by atoms with Crippen molar-refractivity contribution in [1.82, 2.24) is 15.5 Å². The van der Waals surface area contributed by atoms with E-state index in [-0.39, 0.29) is 30.5 Å². The molecule has 1 aromatic heterocycles. The van der Waals surface area contributed by atoms with Crippen LogP contribution in [-0.4, -0.2) is 80.3 Å². The highest BCUT2D eigenvalue weighted by Gasteiger charge is 2.22. The van der Waals surface area contributed by atoms with Crippen LogP contribution in [0.15, 0.2) is 140 Å². The monoisotopic (exact) mass is 871 g/mol. The Morgan fingerprint density at radius 3 is 1.95 bits per heavy atom. The number of fused-ring (bicyclic) bond motifs is 1.